The topological polar surface area (TPSA) is 93.1 Å². The number of rotatable bonds is 7. The average Bonchev–Trinajstić information content (AvgIpc) is 2.61. The minimum atomic E-state index is -0.491. The SMILES string of the molecule is CC(O)COCC(C)(C)Nc1nc(-c2ccncc2)nc2cnccc12. The fraction of sp³-hybridized carbons (Fsp3) is 0.368. The first-order valence-electron chi connectivity index (χ1n) is 8.51. The summed E-state index contributed by atoms with van der Waals surface area (Å²) in [5.41, 5.74) is 1.27. The summed E-state index contributed by atoms with van der Waals surface area (Å²) in [6, 6.07) is 5.64. The van der Waals surface area contributed by atoms with Crippen LogP contribution in [0.4, 0.5) is 5.82 Å². The molecule has 0 saturated carbocycles. The number of nitrogens with zero attached hydrogens (tertiary/aromatic N) is 4. The van der Waals surface area contributed by atoms with E-state index in [4.69, 9.17) is 9.72 Å². The number of aliphatic hydroxyl groups excluding tert-OH is 1. The van der Waals surface area contributed by atoms with Gasteiger partial charge in [0.15, 0.2) is 5.82 Å². The lowest BCUT2D eigenvalue weighted by Crippen LogP contribution is -2.37. The Morgan fingerprint density at radius 2 is 1.85 bits per heavy atom. The van der Waals surface area contributed by atoms with Crippen LogP contribution in [0.15, 0.2) is 43.0 Å². The van der Waals surface area contributed by atoms with E-state index >= 15 is 0 Å². The van der Waals surface area contributed by atoms with E-state index in [1.165, 1.54) is 0 Å². The van der Waals surface area contributed by atoms with E-state index in [1.807, 2.05) is 32.0 Å². The zero-order valence-electron chi connectivity index (χ0n) is 15.2. The van der Waals surface area contributed by atoms with Crippen LogP contribution in [0, 0.1) is 0 Å². The van der Waals surface area contributed by atoms with Crippen LogP contribution in [0.5, 0.6) is 0 Å². The van der Waals surface area contributed by atoms with Crippen LogP contribution in [0.2, 0.25) is 0 Å². The van der Waals surface area contributed by atoms with Crippen LogP contribution in [-0.4, -0.2) is 49.9 Å². The molecular weight excluding hydrogens is 330 g/mol. The summed E-state index contributed by atoms with van der Waals surface area (Å²) in [7, 11) is 0. The highest BCUT2D eigenvalue weighted by Gasteiger charge is 2.21. The Balaban J connectivity index is 1.93. The van der Waals surface area contributed by atoms with Gasteiger partial charge in [-0.25, -0.2) is 9.97 Å². The number of anilines is 1. The Hall–Kier alpha value is -2.64. The van der Waals surface area contributed by atoms with Gasteiger partial charge >= 0.3 is 0 Å². The molecule has 26 heavy (non-hydrogen) atoms. The molecule has 0 aromatic carbocycles. The van der Waals surface area contributed by atoms with E-state index in [0.717, 1.165) is 22.3 Å². The van der Waals surface area contributed by atoms with E-state index in [9.17, 15) is 5.11 Å². The largest absolute Gasteiger partial charge is 0.391 e. The van der Waals surface area contributed by atoms with Crippen LogP contribution in [0.3, 0.4) is 0 Å². The van der Waals surface area contributed by atoms with Gasteiger partial charge in [-0.05, 0) is 39.0 Å². The molecule has 0 spiro atoms. The van der Waals surface area contributed by atoms with Gasteiger partial charge in [0.25, 0.3) is 0 Å². The number of pyridine rings is 2. The number of hydrogen-bond donors (Lipinski definition) is 2. The molecule has 3 aromatic heterocycles. The van der Waals surface area contributed by atoms with E-state index in [2.05, 4.69) is 20.3 Å². The third kappa shape index (κ3) is 4.50. The minimum Gasteiger partial charge on any atom is -0.391 e. The van der Waals surface area contributed by atoms with Gasteiger partial charge in [-0.15, -0.1) is 0 Å². The smallest absolute Gasteiger partial charge is 0.162 e. The summed E-state index contributed by atoms with van der Waals surface area (Å²) in [6.07, 6.45) is 6.39. The van der Waals surface area contributed by atoms with Gasteiger partial charge in [0.1, 0.15) is 5.82 Å². The molecule has 3 rings (SSSR count). The number of hydrogen-bond acceptors (Lipinski definition) is 7. The molecule has 2 N–H and O–H groups in total. The molecule has 7 nitrogen and oxygen atoms in total. The Labute approximate surface area is 152 Å². The highest BCUT2D eigenvalue weighted by atomic mass is 16.5. The van der Waals surface area contributed by atoms with Crippen molar-refractivity contribution < 1.29 is 9.84 Å². The van der Waals surface area contributed by atoms with E-state index < -0.39 is 6.10 Å². The van der Waals surface area contributed by atoms with Gasteiger partial charge < -0.3 is 15.2 Å². The first-order chi connectivity index (χ1) is 12.4. The fourth-order valence-electron chi connectivity index (χ4n) is 2.55. The average molecular weight is 353 g/mol. The number of nitrogens with one attached hydrogen (secondary N) is 1. The molecule has 0 radical (unpaired) electrons. The van der Waals surface area contributed by atoms with Crippen LogP contribution in [-0.2, 0) is 4.74 Å². The predicted molar refractivity (Wildman–Crippen MR) is 101 cm³/mol. The number of fused-ring (bicyclic) bond motifs is 1. The number of aliphatic hydroxyl groups is 1. The van der Waals surface area contributed by atoms with Crippen molar-refractivity contribution in [2.75, 3.05) is 18.5 Å². The third-order valence-electron chi connectivity index (χ3n) is 3.72. The van der Waals surface area contributed by atoms with E-state index in [1.54, 1.807) is 31.7 Å². The Morgan fingerprint density at radius 1 is 1.12 bits per heavy atom. The normalized spacial score (nSPS) is 12.9. The van der Waals surface area contributed by atoms with Gasteiger partial charge in [-0.1, -0.05) is 0 Å². The molecule has 0 aliphatic rings. The fourth-order valence-corrected chi connectivity index (χ4v) is 2.55. The predicted octanol–water partition coefficient (Wildman–Crippen LogP) is 2.67. The van der Waals surface area contributed by atoms with Gasteiger partial charge in [0.2, 0.25) is 0 Å². The number of ether oxygens (including phenoxy) is 1. The maximum atomic E-state index is 9.36. The number of aromatic nitrogens is 4. The van der Waals surface area contributed by atoms with E-state index in [0.29, 0.717) is 19.0 Å². The highest BCUT2D eigenvalue weighted by molar-refractivity contribution is 5.90. The van der Waals surface area contributed by atoms with Gasteiger partial charge in [0.05, 0.1) is 36.6 Å². The molecule has 1 atom stereocenters. The lowest BCUT2D eigenvalue weighted by molar-refractivity contribution is 0.0316. The van der Waals surface area contributed by atoms with Crippen molar-refractivity contribution in [2.24, 2.45) is 0 Å². The Bertz CT molecular complexity index is 868. The first kappa shape index (κ1) is 18.2. The van der Waals surface area contributed by atoms with Gasteiger partial charge in [0, 0.05) is 29.5 Å². The summed E-state index contributed by atoms with van der Waals surface area (Å²) in [5, 5.41) is 13.7. The Morgan fingerprint density at radius 3 is 2.58 bits per heavy atom. The summed E-state index contributed by atoms with van der Waals surface area (Å²) < 4.78 is 5.58. The molecule has 0 aliphatic heterocycles. The van der Waals surface area contributed by atoms with Crippen molar-refractivity contribution in [2.45, 2.75) is 32.4 Å². The lowest BCUT2D eigenvalue weighted by atomic mass is 10.1. The first-order valence-corrected chi connectivity index (χ1v) is 8.51. The third-order valence-corrected chi connectivity index (χ3v) is 3.72. The standard InChI is InChI=1S/C19H23N5O2/c1-13(25)11-26-12-19(2,3)24-18-15-6-9-21-10-16(15)22-17(23-18)14-4-7-20-8-5-14/h4-10,13,25H,11-12H2,1-3H3,(H,22,23,24). The van der Waals surface area contributed by atoms with Crippen LogP contribution >= 0.6 is 0 Å². The molecule has 0 saturated heterocycles. The van der Waals surface area contributed by atoms with Gasteiger partial charge in [-0.2, -0.15) is 0 Å². The maximum Gasteiger partial charge on any atom is 0.162 e. The molecule has 0 aliphatic carbocycles. The van der Waals surface area contributed by atoms with Gasteiger partial charge in [-0.3, -0.25) is 9.97 Å². The lowest BCUT2D eigenvalue weighted by Gasteiger charge is -2.27. The molecule has 3 heterocycles. The molecule has 0 amide bonds. The van der Waals surface area contributed by atoms with Crippen LogP contribution in [0.1, 0.15) is 20.8 Å². The Kier molecular flexibility index (Phi) is 5.39. The second-order valence-electron chi connectivity index (χ2n) is 6.90. The summed E-state index contributed by atoms with van der Waals surface area (Å²) in [6.45, 7) is 6.47. The molecular formula is C19H23N5O2. The second-order valence-corrected chi connectivity index (χ2v) is 6.90. The summed E-state index contributed by atoms with van der Waals surface area (Å²) in [4.78, 5) is 17.5. The zero-order valence-corrected chi connectivity index (χ0v) is 15.2. The van der Waals surface area contributed by atoms with Crippen LogP contribution < -0.4 is 5.32 Å². The highest BCUT2D eigenvalue weighted by Crippen LogP contribution is 2.26. The van der Waals surface area contributed by atoms with Crippen LogP contribution in [0.25, 0.3) is 22.3 Å². The molecule has 7 heteroatoms. The molecule has 1 unspecified atom stereocenters. The van der Waals surface area contributed by atoms with Crippen molar-refractivity contribution in [1.82, 2.24) is 19.9 Å². The second kappa shape index (κ2) is 7.72. The minimum absolute atomic E-state index is 0.293. The quantitative estimate of drug-likeness (QED) is 0.674. The van der Waals surface area contributed by atoms with Crippen molar-refractivity contribution in [1.29, 1.82) is 0 Å². The zero-order chi connectivity index (χ0) is 18.6. The van der Waals surface area contributed by atoms with Crippen molar-refractivity contribution in [3.8, 4) is 11.4 Å². The molecule has 136 valence electrons. The maximum absolute atomic E-state index is 9.36. The molecule has 3 aromatic rings. The molecule has 0 bridgehead atoms. The summed E-state index contributed by atoms with van der Waals surface area (Å²) >= 11 is 0. The monoisotopic (exact) mass is 353 g/mol. The van der Waals surface area contributed by atoms with Crippen molar-refractivity contribution >= 4 is 16.7 Å². The van der Waals surface area contributed by atoms with E-state index in [-0.39, 0.29) is 5.54 Å². The van der Waals surface area contributed by atoms with Crippen molar-refractivity contribution in [3.63, 3.8) is 0 Å². The molecule has 0 fully saturated rings. The summed E-state index contributed by atoms with van der Waals surface area (Å²) in [5.74, 6) is 1.32. The van der Waals surface area contributed by atoms with Crippen molar-refractivity contribution in [3.05, 3.63) is 43.0 Å².